The molecule has 1 aromatic carbocycles. The number of aromatic nitrogens is 4. The lowest BCUT2D eigenvalue weighted by molar-refractivity contribution is -0.148. The Hall–Kier alpha value is -3.20. The number of methoxy groups -OCH3 is 1. The molecule has 2 aromatic heterocycles. The second kappa shape index (κ2) is 9.97. The maximum absolute atomic E-state index is 12.4. The fourth-order valence-electron chi connectivity index (χ4n) is 4.76. The summed E-state index contributed by atoms with van der Waals surface area (Å²) >= 11 is 0. The Labute approximate surface area is 199 Å². The van der Waals surface area contributed by atoms with Gasteiger partial charge in [-0.15, -0.1) is 0 Å². The SMILES string of the molecule is CCOC(=O)C1CCCN(c2nc(-c3ccc(OC)cc3)c3ncn(C4CCCCO4)c3n2)C1. The van der Waals surface area contributed by atoms with Crippen LogP contribution in [0.5, 0.6) is 5.75 Å². The predicted molar refractivity (Wildman–Crippen MR) is 128 cm³/mol. The van der Waals surface area contributed by atoms with Gasteiger partial charge in [0.15, 0.2) is 5.65 Å². The molecule has 2 aliphatic rings. The van der Waals surface area contributed by atoms with Gasteiger partial charge in [-0.1, -0.05) is 0 Å². The molecule has 2 fully saturated rings. The van der Waals surface area contributed by atoms with Crippen molar-refractivity contribution < 1.29 is 19.0 Å². The van der Waals surface area contributed by atoms with Gasteiger partial charge < -0.3 is 19.1 Å². The Kier molecular flexibility index (Phi) is 6.62. The molecular formula is C25H31N5O4. The van der Waals surface area contributed by atoms with Crippen LogP contribution in [-0.4, -0.2) is 58.9 Å². The summed E-state index contributed by atoms with van der Waals surface area (Å²) in [5, 5.41) is 0. The number of rotatable bonds is 6. The minimum absolute atomic E-state index is 0.0844. The highest BCUT2D eigenvalue weighted by molar-refractivity contribution is 5.88. The molecule has 0 N–H and O–H groups in total. The van der Waals surface area contributed by atoms with Crippen LogP contribution in [0.3, 0.4) is 0 Å². The normalized spacial score (nSPS) is 20.9. The number of nitrogens with zero attached hydrogens (tertiary/aromatic N) is 5. The zero-order valence-corrected chi connectivity index (χ0v) is 19.8. The van der Waals surface area contributed by atoms with E-state index in [-0.39, 0.29) is 18.1 Å². The number of ether oxygens (including phenoxy) is 3. The Balaban J connectivity index is 1.57. The molecular weight excluding hydrogens is 434 g/mol. The van der Waals surface area contributed by atoms with Crippen molar-refractivity contribution in [2.45, 2.75) is 45.3 Å². The predicted octanol–water partition coefficient (Wildman–Crippen LogP) is 3.98. The highest BCUT2D eigenvalue weighted by atomic mass is 16.5. The number of esters is 1. The van der Waals surface area contributed by atoms with Gasteiger partial charge in [0, 0.05) is 25.3 Å². The zero-order valence-electron chi connectivity index (χ0n) is 19.8. The molecule has 3 aromatic rings. The van der Waals surface area contributed by atoms with Gasteiger partial charge in [0.2, 0.25) is 5.95 Å². The van der Waals surface area contributed by atoms with Crippen LogP contribution in [0.2, 0.25) is 0 Å². The quantitative estimate of drug-likeness (QED) is 0.505. The van der Waals surface area contributed by atoms with Crippen molar-refractivity contribution in [2.24, 2.45) is 5.92 Å². The third-order valence-corrected chi connectivity index (χ3v) is 6.56. The van der Waals surface area contributed by atoms with Crippen LogP contribution in [0.1, 0.15) is 45.3 Å². The van der Waals surface area contributed by atoms with Crippen LogP contribution in [-0.2, 0) is 14.3 Å². The van der Waals surface area contributed by atoms with E-state index in [2.05, 4.69) is 4.90 Å². The fourth-order valence-corrected chi connectivity index (χ4v) is 4.76. The first-order chi connectivity index (χ1) is 16.7. The lowest BCUT2D eigenvalue weighted by atomic mass is 9.98. The van der Waals surface area contributed by atoms with Gasteiger partial charge in [-0.05, 0) is 63.3 Å². The standard InChI is InChI=1S/C25H31N5O4/c1-3-33-24(31)18-7-6-13-29(15-18)25-27-21(17-9-11-19(32-2)12-10-17)22-23(28-25)30(16-26-22)20-8-4-5-14-34-20/h9-12,16,18,20H,3-8,13-15H2,1-2H3. The second-order valence-electron chi connectivity index (χ2n) is 8.78. The molecule has 0 spiro atoms. The summed E-state index contributed by atoms with van der Waals surface area (Å²) in [5.74, 6) is 1.06. The Morgan fingerprint density at radius 1 is 1.15 bits per heavy atom. The number of hydrogen-bond donors (Lipinski definition) is 0. The van der Waals surface area contributed by atoms with Crippen LogP contribution in [0.4, 0.5) is 5.95 Å². The van der Waals surface area contributed by atoms with Gasteiger partial charge in [-0.3, -0.25) is 9.36 Å². The number of hydrogen-bond acceptors (Lipinski definition) is 8. The topological polar surface area (TPSA) is 91.6 Å². The minimum atomic E-state index is -0.177. The number of piperidine rings is 1. The summed E-state index contributed by atoms with van der Waals surface area (Å²) in [5.41, 5.74) is 3.18. The number of fused-ring (bicyclic) bond motifs is 1. The first-order valence-electron chi connectivity index (χ1n) is 12.1. The lowest BCUT2D eigenvalue weighted by Crippen LogP contribution is -2.40. The van der Waals surface area contributed by atoms with Gasteiger partial charge in [-0.25, -0.2) is 9.97 Å². The largest absolute Gasteiger partial charge is 0.497 e. The third kappa shape index (κ3) is 4.44. The number of benzene rings is 1. The molecule has 2 atom stereocenters. The van der Waals surface area contributed by atoms with E-state index in [0.717, 1.165) is 73.4 Å². The maximum atomic E-state index is 12.4. The maximum Gasteiger partial charge on any atom is 0.310 e. The molecule has 2 unspecified atom stereocenters. The van der Waals surface area contributed by atoms with Crippen molar-refractivity contribution in [2.75, 3.05) is 38.3 Å². The zero-order chi connectivity index (χ0) is 23.5. The average molecular weight is 466 g/mol. The fraction of sp³-hybridized carbons (Fsp3) is 0.520. The highest BCUT2D eigenvalue weighted by Crippen LogP contribution is 2.33. The summed E-state index contributed by atoms with van der Waals surface area (Å²) < 4.78 is 18.7. The number of carbonyl (C=O) groups excluding carboxylic acids is 1. The van der Waals surface area contributed by atoms with E-state index in [1.54, 1.807) is 7.11 Å². The van der Waals surface area contributed by atoms with Crippen molar-refractivity contribution in [1.82, 2.24) is 19.5 Å². The molecule has 4 heterocycles. The summed E-state index contributed by atoms with van der Waals surface area (Å²) in [6, 6.07) is 7.81. The Bertz CT molecular complexity index is 1140. The van der Waals surface area contributed by atoms with Gasteiger partial charge in [0.25, 0.3) is 0 Å². The van der Waals surface area contributed by atoms with Gasteiger partial charge >= 0.3 is 5.97 Å². The monoisotopic (exact) mass is 465 g/mol. The minimum Gasteiger partial charge on any atom is -0.497 e. The molecule has 180 valence electrons. The number of carbonyl (C=O) groups is 1. The number of imidazole rings is 1. The lowest BCUT2D eigenvalue weighted by Gasteiger charge is -2.32. The van der Waals surface area contributed by atoms with E-state index in [0.29, 0.717) is 19.1 Å². The molecule has 0 saturated carbocycles. The van der Waals surface area contributed by atoms with E-state index in [4.69, 9.17) is 29.2 Å². The number of anilines is 1. The molecule has 9 nitrogen and oxygen atoms in total. The van der Waals surface area contributed by atoms with Crippen molar-refractivity contribution in [1.29, 1.82) is 0 Å². The summed E-state index contributed by atoms with van der Waals surface area (Å²) in [6.45, 7) is 4.30. The van der Waals surface area contributed by atoms with Crippen LogP contribution in [0, 0.1) is 5.92 Å². The van der Waals surface area contributed by atoms with Crippen LogP contribution in [0.15, 0.2) is 30.6 Å². The summed E-state index contributed by atoms with van der Waals surface area (Å²) in [4.78, 5) is 29.1. The molecule has 0 aliphatic carbocycles. The van der Waals surface area contributed by atoms with Gasteiger partial charge in [0.1, 0.15) is 23.2 Å². The summed E-state index contributed by atoms with van der Waals surface area (Å²) in [6.07, 6.45) is 6.54. The van der Waals surface area contributed by atoms with E-state index in [9.17, 15) is 4.79 Å². The van der Waals surface area contributed by atoms with Crippen molar-refractivity contribution >= 4 is 23.1 Å². The van der Waals surface area contributed by atoms with E-state index >= 15 is 0 Å². The molecule has 9 heteroatoms. The Morgan fingerprint density at radius 2 is 2.00 bits per heavy atom. The molecule has 5 rings (SSSR count). The first-order valence-corrected chi connectivity index (χ1v) is 12.1. The van der Waals surface area contributed by atoms with E-state index < -0.39 is 0 Å². The molecule has 0 amide bonds. The van der Waals surface area contributed by atoms with Crippen LogP contribution < -0.4 is 9.64 Å². The highest BCUT2D eigenvalue weighted by Gasteiger charge is 2.30. The van der Waals surface area contributed by atoms with Crippen LogP contribution >= 0.6 is 0 Å². The first kappa shape index (κ1) is 22.6. The molecule has 2 saturated heterocycles. The summed E-state index contributed by atoms with van der Waals surface area (Å²) in [7, 11) is 1.65. The smallest absolute Gasteiger partial charge is 0.310 e. The Morgan fingerprint density at radius 3 is 2.74 bits per heavy atom. The second-order valence-corrected chi connectivity index (χ2v) is 8.78. The average Bonchev–Trinajstić information content (AvgIpc) is 3.33. The van der Waals surface area contributed by atoms with Crippen molar-refractivity contribution in [3.63, 3.8) is 0 Å². The van der Waals surface area contributed by atoms with Gasteiger partial charge in [-0.2, -0.15) is 4.98 Å². The van der Waals surface area contributed by atoms with Crippen molar-refractivity contribution in [3.8, 4) is 17.0 Å². The van der Waals surface area contributed by atoms with Crippen LogP contribution in [0.25, 0.3) is 22.4 Å². The molecule has 0 radical (unpaired) electrons. The third-order valence-electron chi connectivity index (χ3n) is 6.56. The van der Waals surface area contributed by atoms with E-state index in [1.807, 2.05) is 42.1 Å². The van der Waals surface area contributed by atoms with E-state index in [1.165, 1.54) is 0 Å². The van der Waals surface area contributed by atoms with Gasteiger partial charge in [0.05, 0.1) is 26.0 Å². The molecule has 34 heavy (non-hydrogen) atoms. The van der Waals surface area contributed by atoms with Crippen molar-refractivity contribution in [3.05, 3.63) is 30.6 Å². The molecule has 2 aliphatic heterocycles. The molecule has 0 bridgehead atoms.